The minimum absolute atomic E-state index is 0.0248. The maximum atomic E-state index is 13.9. The number of nitro benzene ring substituents is 1. The van der Waals surface area contributed by atoms with Crippen LogP contribution in [0.5, 0.6) is 0 Å². The lowest BCUT2D eigenvalue weighted by Gasteiger charge is -2.30. The van der Waals surface area contributed by atoms with Crippen molar-refractivity contribution in [2.45, 2.75) is 25.8 Å². The van der Waals surface area contributed by atoms with E-state index >= 15 is 0 Å². The Balaban J connectivity index is 1.38. The maximum absolute atomic E-state index is 13.9. The Morgan fingerprint density at radius 2 is 1.85 bits per heavy atom. The highest BCUT2D eigenvalue weighted by molar-refractivity contribution is 7.07. The van der Waals surface area contributed by atoms with Gasteiger partial charge in [-0.25, -0.2) is 9.38 Å². The van der Waals surface area contributed by atoms with Crippen molar-refractivity contribution in [3.63, 3.8) is 0 Å². The van der Waals surface area contributed by atoms with Crippen LogP contribution in [0.1, 0.15) is 40.5 Å². The fourth-order valence-electron chi connectivity index (χ4n) is 5.66. The number of furan rings is 1. The van der Waals surface area contributed by atoms with Gasteiger partial charge >= 0.3 is 0 Å². The van der Waals surface area contributed by atoms with Gasteiger partial charge in [0, 0.05) is 29.3 Å². The molecule has 0 bridgehead atoms. The summed E-state index contributed by atoms with van der Waals surface area (Å²) in [6, 6.07) is 22.2. The number of hydrogen-bond donors (Lipinski definition) is 0. The molecule has 7 nitrogen and oxygen atoms in total. The Kier molecular flexibility index (Phi) is 5.90. The zero-order valence-corrected chi connectivity index (χ0v) is 22.7. The lowest BCUT2D eigenvalue weighted by molar-refractivity contribution is -0.384. The number of nitrogens with zero attached hydrogens (tertiary/aromatic N) is 3. The SMILES string of the molecule is Cc1ccc([N+](=O)[O-])cc1-c1ccc(/C=c2/sc3n(c2=O)[C@@H](c2ccc(F)cc2)C2=C(N=3)c3ccccc3CC2)o1. The summed E-state index contributed by atoms with van der Waals surface area (Å²) in [6.45, 7) is 1.86. The van der Waals surface area contributed by atoms with E-state index < -0.39 is 11.0 Å². The Morgan fingerprint density at radius 1 is 1.05 bits per heavy atom. The van der Waals surface area contributed by atoms with E-state index in [1.54, 1.807) is 41.0 Å². The highest BCUT2D eigenvalue weighted by Crippen LogP contribution is 2.41. The molecule has 1 atom stereocenters. The second kappa shape index (κ2) is 9.64. The van der Waals surface area contributed by atoms with Crippen LogP contribution in [0.15, 0.2) is 98.6 Å². The number of thiazole rings is 1. The molecule has 9 heteroatoms. The van der Waals surface area contributed by atoms with Crippen molar-refractivity contribution in [2.75, 3.05) is 0 Å². The van der Waals surface area contributed by atoms with Crippen molar-refractivity contribution < 1.29 is 13.7 Å². The van der Waals surface area contributed by atoms with Gasteiger partial charge in [0.2, 0.25) is 0 Å². The number of hydrogen-bond acceptors (Lipinski definition) is 6. The van der Waals surface area contributed by atoms with Gasteiger partial charge < -0.3 is 4.42 Å². The number of halogens is 1. The quantitative estimate of drug-likeness (QED) is 0.200. The van der Waals surface area contributed by atoms with Crippen molar-refractivity contribution in [3.8, 4) is 11.3 Å². The van der Waals surface area contributed by atoms with Crippen LogP contribution in [-0.2, 0) is 6.42 Å². The van der Waals surface area contributed by atoms with Crippen molar-refractivity contribution in [1.29, 1.82) is 0 Å². The van der Waals surface area contributed by atoms with Crippen LogP contribution in [0.2, 0.25) is 0 Å². The molecular weight excluding hydrogens is 541 g/mol. The summed E-state index contributed by atoms with van der Waals surface area (Å²) < 4.78 is 22.1. The van der Waals surface area contributed by atoms with Crippen molar-refractivity contribution in [3.05, 3.63) is 148 Å². The number of aromatic nitrogens is 1. The predicted molar refractivity (Wildman–Crippen MR) is 155 cm³/mol. The second-order valence-corrected chi connectivity index (χ2v) is 11.1. The van der Waals surface area contributed by atoms with Gasteiger partial charge in [0.25, 0.3) is 11.2 Å². The minimum atomic E-state index is -0.441. The van der Waals surface area contributed by atoms with Gasteiger partial charge in [0.1, 0.15) is 17.3 Å². The molecule has 202 valence electrons. The molecule has 0 saturated carbocycles. The first kappa shape index (κ1) is 25.1. The van der Waals surface area contributed by atoms with Gasteiger partial charge in [-0.2, -0.15) is 0 Å². The third kappa shape index (κ3) is 4.25. The number of benzene rings is 3. The molecule has 0 fully saturated rings. The Hall–Kier alpha value is -4.89. The van der Waals surface area contributed by atoms with E-state index in [1.807, 2.05) is 19.1 Å². The number of rotatable bonds is 4. The number of allylic oxidation sites excluding steroid dienone is 1. The second-order valence-electron chi connectivity index (χ2n) is 10.1. The Labute approximate surface area is 237 Å². The van der Waals surface area contributed by atoms with Crippen LogP contribution < -0.4 is 14.9 Å². The highest BCUT2D eigenvalue weighted by atomic mass is 32.1. The van der Waals surface area contributed by atoms with Crippen molar-refractivity contribution in [1.82, 2.24) is 4.57 Å². The van der Waals surface area contributed by atoms with E-state index in [2.05, 4.69) is 12.1 Å². The molecule has 0 N–H and O–H groups in total. The van der Waals surface area contributed by atoms with Crippen molar-refractivity contribution in [2.24, 2.45) is 4.99 Å². The number of nitro groups is 1. The van der Waals surface area contributed by atoms with E-state index in [1.165, 1.54) is 41.2 Å². The molecule has 1 aliphatic heterocycles. The van der Waals surface area contributed by atoms with Gasteiger partial charge in [0.15, 0.2) is 4.80 Å². The van der Waals surface area contributed by atoms with Crippen LogP contribution in [0.3, 0.4) is 0 Å². The Morgan fingerprint density at radius 3 is 2.66 bits per heavy atom. The largest absolute Gasteiger partial charge is 0.457 e. The molecule has 3 aromatic carbocycles. The third-order valence-electron chi connectivity index (χ3n) is 7.66. The summed E-state index contributed by atoms with van der Waals surface area (Å²) in [5.41, 5.74) is 6.21. The van der Waals surface area contributed by atoms with Gasteiger partial charge in [-0.15, -0.1) is 0 Å². The number of non-ortho nitro benzene ring substituents is 1. The van der Waals surface area contributed by atoms with Crippen LogP contribution in [-0.4, -0.2) is 9.49 Å². The minimum Gasteiger partial charge on any atom is -0.457 e. The fourth-order valence-corrected chi connectivity index (χ4v) is 6.64. The fraction of sp³-hybridized carbons (Fsp3) is 0.125. The molecule has 0 amide bonds. The van der Waals surface area contributed by atoms with Crippen molar-refractivity contribution >= 4 is 28.8 Å². The molecule has 1 aliphatic carbocycles. The molecule has 2 aromatic heterocycles. The van der Waals surface area contributed by atoms with Crippen LogP contribution in [0, 0.1) is 22.9 Å². The predicted octanol–water partition coefficient (Wildman–Crippen LogP) is 5.93. The Bertz CT molecular complexity index is 2090. The van der Waals surface area contributed by atoms with E-state index in [9.17, 15) is 19.3 Å². The number of aryl methyl sites for hydroxylation is 2. The summed E-state index contributed by atoms with van der Waals surface area (Å²) >= 11 is 1.27. The summed E-state index contributed by atoms with van der Waals surface area (Å²) in [6.07, 6.45) is 3.25. The molecular formula is C32H22FN3O4S. The van der Waals surface area contributed by atoms with Gasteiger partial charge in [-0.3, -0.25) is 19.5 Å². The molecule has 5 aromatic rings. The van der Waals surface area contributed by atoms with Gasteiger partial charge in [-0.1, -0.05) is 53.8 Å². The molecule has 41 heavy (non-hydrogen) atoms. The first-order valence-electron chi connectivity index (χ1n) is 13.1. The topological polar surface area (TPSA) is 90.6 Å². The van der Waals surface area contributed by atoms with Crippen LogP contribution >= 0.6 is 11.3 Å². The van der Waals surface area contributed by atoms with E-state index in [0.717, 1.165) is 40.8 Å². The van der Waals surface area contributed by atoms with E-state index in [4.69, 9.17) is 9.41 Å². The molecule has 0 unspecified atom stereocenters. The first-order valence-corrected chi connectivity index (χ1v) is 13.9. The lowest BCUT2D eigenvalue weighted by atomic mass is 9.83. The highest BCUT2D eigenvalue weighted by Gasteiger charge is 2.32. The summed E-state index contributed by atoms with van der Waals surface area (Å²) in [4.78, 5) is 30.3. The molecule has 0 saturated heterocycles. The van der Waals surface area contributed by atoms with Crippen LogP contribution in [0.4, 0.5) is 10.1 Å². The summed E-state index contributed by atoms with van der Waals surface area (Å²) in [5, 5.41) is 11.3. The molecule has 2 aliphatic rings. The first-order chi connectivity index (χ1) is 19.9. The molecule has 0 radical (unpaired) electrons. The molecule has 3 heterocycles. The normalized spacial score (nSPS) is 16.1. The van der Waals surface area contributed by atoms with Gasteiger partial charge in [-0.05, 0) is 66.3 Å². The van der Waals surface area contributed by atoms with Gasteiger partial charge in [0.05, 0.1) is 21.2 Å². The third-order valence-corrected chi connectivity index (χ3v) is 8.64. The maximum Gasteiger partial charge on any atom is 0.271 e. The van der Waals surface area contributed by atoms with E-state index in [-0.39, 0.29) is 17.1 Å². The monoisotopic (exact) mass is 563 g/mol. The zero-order chi connectivity index (χ0) is 28.2. The lowest BCUT2D eigenvalue weighted by Crippen LogP contribution is -2.38. The summed E-state index contributed by atoms with van der Waals surface area (Å²) in [5.74, 6) is 0.585. The number of fused-ring (bicyclic) bond motifs is 3. The van der Waals surface area contributed by atoms with Crippen LogP contribution in [0.25, 0.3) is 23.1 Å². The van der Waals surface area contributed by atoms with E-state index in [0.29, 0.717) is 26.4 Å². The summed E-state index contributed by atoms with van der Waals surface area (Å²) in [7, 11) is 0. The molecule has 7 rings (SSSR count). The smallest absolute Gasteiger partial charge is 0.271 e. The average molecular weight is 564 g/mol. The standard InChI is InChI=1S/C32H22FN3O4S/c1-18-6-12-22(36(38)39)16-26(18)27-15-13-23(40-27)17-28-31(37)35-30(20-7-10-21(33)11-8-20)25-14-9-19-4-2-3-5-24(19)29(25)34-32(35)41-28/h2-8,10-13,15-17,30H,9,14H2,1H3/b28-17+/t30-/m0/s1. The zero-order valence-electron chi connectivity index (χ0n) is 21.8. The average Bonchev–Trinajstić information content (AvgIpc) is 3.56. The molecule has 0 spiro atoms.